The van der Waals surface area contributed by atoms with Crippen LogP contribution in [0.3, 0.4) is 0 Å². The summed E-state index contributed by atoms with van der Waals surface area (Å²) in [6.45, 7) is 6.66. The van der Waals surface area contributed by atoms with Gasteiger partial charge in [-0.1, -0.05) is 42.4 Å². The summed E-state index contributed by atoms with van der Waals surface area (Å²) >= 11 is 1.41. The summed E-state index contributed by atoms with van der Waals surface area (Å²) in [5, 5.41) is 9.35. The summed E-state index contributed by atoms with van der Waals surface area (Å²) in [6.07, 6.45) is 3.72. The van der Waals surface area contributed by atoms with E-state index in [2.05, 4.69) is 29.3 Å². The molecular weight excluding hydrogens is 398 g/mol. The van der Waals surface area contributed by atoms with Crippen LogP contribution < -0.4 is 0 Å². The second kappa shape index (κ2) is 10.6. The van der Waals surface area contributed by atoms with Crippen molar-refractivity contribution in [2.75, 3.05) is 19.3 Å². The molecule has 0 bridgehead atoms. The Labute approximate surface area is 182 Å². The first-order valence-corrected chi connectivity index (χ1v) is 11.6. The maximum Gasteiger partial charge on any atom is 0.233 e. The quantitative estimate of drug-likeness (QED) is 0.603. The average Bonchev–Trinajstić information content (AvgIpc) is 3.01. The molecule has 2 aromatic rings. The number of thioether (sulfide) groups is 1. The Kier molecular flexibility index (Phi) is 7.90. The number of rotatable bonds is 8. The molecule has 0 spiro atoms. The van der Waals surface area contributed by atoms with E-state index in [0.29, 0.717) is 31.8 Å². The molecule has 162 valence electrons. The summed E-state index contributed by atoms with van der Waals surface area (Å²) in [6, 6.07) is 8.11. The Bertz CT molecular complexity index is 882. The molecular formula is C22H31N5O2S. The fraction of sp³-hybridized carbons (Fsp3) is 0.545. The largest absolute Gasteiger partial charge is 0.341 e. The smallest absolute Gasteiger partial charge is 0.233 e. The second-order valence-corrected chi connectivity index (χ2v) is 8.68. The molecule has 0 unspecified atom stereocenters. The van der Waals surface area contributed by atoms with Crippen LogP contribution in [0.25, 0.3) is 0 Å². The van der Waals surface area contributed by atoms with E-state index in [1.165, 1.54) is 17.3 Å². The third kappa shape index (κ3) is 5.62. The lowest BCUT2D eigenvalue weighted by molar-refractivity contribution is -0.131. The summed E-state index contributed by atoms with van der Waals surface area (Å²) in [7, 11) is 1.83. The average molecular weight is 430 g/mol. The van der Waals surface area contributed by atoms with Gasteiger partial charge in [0.05, 0.1) is 12.3 Å². The third-order valence-corrected chi connectivity index (χ3v) is 6.48. The second-order valence-electron chi connectivity index (χ2n) is 7.73. The van der Waals surface area contributed by atoms with E-state index in [9.17, 15) is 9.59 Å². The topological polar surface area (TPSA) is 71.3 Å². The molecule has 0 radical (unpaired) electrons. The lowest BCUT2D eigenvalue weighted by Crippen LogP contribution is -2.31. The molecule has 1 aromatic carbocycles. The van der Waals surface area contributed by atoms with Crippen LogP contribution in [0.15, 0.2) is 29.4 Å². The van der Waals surface area contributed by atoms with Crippen LogP contribution in [0, 0.1) is 6.92 Å². The van der Waals surface area contributed by atoms with E-state index >= 15 is 0 Å². The predicted octanol–water partition coefficient (Wildman–Crippen LogP) is 3.26. The van der Waals surface area contributed by atoms with E-state index < -0.39 is 0 Å². The first kappa shape index (κ1) is 22.3. The Morgan fingerprint density at radius 3 is 2.77 bits per heavy atom. The molecule has 1 aliphatic heterocycles. The van der Waals surface area contributed by atoms with Crippen LogP contribution in [-0.4, -0.2) is 55.7 Å². The maximum atomic E-state index is 12.6. The minimum atomic E-state index is 0.0538. The fourth-order valence-corrected chi connectivity index (χ4v) is 4.57. The van der Waals surface area contributed by atoms with Gasteiger partial charge in [0, 0.05) is 33.1 Å². The van der Waals surface area contributed by atoms with Crippen molar-refractivity contribution in [3.8, 4) is 0 Å². The minimum Gasteiger partial charge on any atom is -0.341 e. The number of benzene rings is 1. The number of hydrogen-bond acceptors (Lipinski definition) is 5. The first-order chi connectivity index (χ1) is 14.5. The number of carbonyl (C=O) groups is 2. The summed E-state index contributed by atoms with van der Waals surface area (Å²) < 4.78 is 2.01. The van der Waals surface area contributed by atoms with Crippen molar-refractivity contribution < 1.29 is 9.59 Å². The zero-order valence-electron chi connectivity index (χ0n) is 18.1. The van der Waals surface area contributed by atoms with Crippen molar-refractivity contribution in [1.29, 1.82) is 0 Å². The molecule has 3 rings (SSSR count). The van der Waals surface area contributed by atoms with Gasteiger partial charge in [0.15, 0.2) is 11.0 Å². The molecule has 8 heteroatoms. The molecule has 1 saturated heterocycles. The van der Waals surface area contributed by atoms with Gasteiger partial charge >= 0.3 is 0 Å². The Balaban J connectivity index is 1.59. The Morgan fingerprint density at radius 2 is 2.00 bits per heavy atom. The highest BCUT2D eigenvalue weighted by Crippen LogP contribution is 2.20. The lowest BCUT2D eigenvalue weighted by atomic mass is 10.1. The van der Waals surface area contributed by atoms with Crippen LogP contribution in [0.4, 0.5) is 0 Å². The molecule has 0 saturated carbocycles. The number of aromatic nitrogens is 3. The van der Waals surface area contributed by atoms with Crippen molar-refractivity contribution in [3.63, 3.8) is 0 Å². The summed E-state index contributed by atoms with van der Waals surface area (Å²) in [4.78, 5) is 28.6. The van der Waals surface area contributed by atoms with Gasteiger partial charge in [-0.05, 0) is 37.8 Å². The number of hydrogen-bond donors (Lipinski definition) is 0. The molecule has 2 heterocycles. The van der Waals surface area contributed by atoms with E-state index in [1.807, 2.05) is 35.6 Å². The number of likely N-dealkylation sites (tertiary alicyclic amines) is 1. The zero-order valence-corrected chi connectivity index (χ0v) is 19.0. The van der Waals surface area contributed by atoms with Gasteiger partial charge in [-0.3, -0.25) is 9.59 Å². The molecule has 1 aliphatic rings. The van der Waals surface area contributed by atoms with Gasteiger partial charge in [0.25, 0.3) is 0 Å². The van der Waals surface area contributed by atoms with Gasteiger partial charge in [-0.2, -0.15) is 0 Å². The van der Waals surface area contributed by atoms with E-state index in [4.69, 9.17) is 0 Å². The van der Waals surface area contributed by atoms with Crippen molar-refractivity contribution in [2.24, 2.45) is 0 Å². The molecule has 1 aromatic heterocycles. The van der Waals surface area contributed by atoms with Crippen molar-refractivity contribution in [3.05, 3.63) is 41.2 Å². The number of amides is 2. The fourth-order valence-electron chi connectivity index (χ4n) is 3.60. The minimum absolute atomic E-state index is 0.0538. The van der Waals surface area contributed by atoms with Crippen molar-refractivity contribution >= 4 is 23.6 Å². The number of carbonyl (C=O) groups excluding carboxylic acids is 2. The molecule has 7 nitrogen and oxygen atoms in total. The van der Waals surface area contributed by atoms with E-state index in [0.717, 1.165) is 42.4 Å². The number of aryl methyl sites for hydroxylation is 1. The Hall–Kier alpha value is -2.35. The van der Waals surface area contributed by atoms with Gasteiger partial charge in [0.1, 0.15) is 0 Å². The van der Waals surface area contributed by atoms with Crippen LogP contribution in [-0.2, 0) is 29.2 Å². The van der Waals surface area contributed by atoms with Gasteiger partial charge < -0.3 is 14.4 Å². The van der Waals surface area contributed by atoms with Crippen LogP contribution >= 0.6 is 11.8 Å². The zero-order chi connectivity index (χ0) is 21.5. The highest BCUT2D eigenvalue weighted by Gasteiger charge is 2.21. The van der Waals surface area contributed by atoms with Crippen molar-refractivity contribution in [1.82, 2.24) is 24.6 Å². The molecule has 1 fully saturated rings. The molecule has 0 aliphatic carbocycles. The highest BCUT2D eigenvalue weighted by molar-refractivity contribution is 7.99. The predicted molar refractivity (Wildman–Crippen MR) is 118 cm³/mol. The standard InChI is InChI=1S/C22H31N5O2S/c1-4-27-19(15-26-13-9-5-6-12-20(26)28)23-24-22(27)30-16-21(29)25(3)14-18-11-8-7-10-17(18)2/h7-8,10-11H,4-6,9,12-16H2,1-3H3. The monoisotopic (exact) mass is 429 g/mol. The van der Waals surface area contributed by atoms with Crippen LogP contribution in [0.1, 0.15) is 49.6 Å². The maximum absolute atomic E-state index is 12.6. The third-order valence-electron chi connectivity index (χ3n) is 5.53. The lowest BCUT2D eigenvalue weighted by Gasteiger charge is -2.20. The Morgan fingerprint density at radius 1 is 1.20 bits per heavy atom. The van der Waals surface area contributed by atoms with Crippen LogP contribution in [0.2, 0.25) is 0 Å². The summed E-state index contributed by atoms with van der Waals surface area (Å²) in [5.74, 6) is 1.35. The molecule has 30 heavy (non-hydrogen) atoms. The number of nitrogens with zero attached hydrogens (tertiary/aromatic N) is 5. The normalized spacial score (nSPS) is 14.6. The van der Waals surface area contributed by atoms with Gasteiger partial charge in [0.2, 0.25) is 11.8 Å². The molecule has 0 N–H and O–H groups in total. The van der Waals surface area contributed by atoms with Gasteiger partial charge in [-0.25, -0.2) is 0 Å². The molecule has 2 amide bonds. The SMILES string of the molecule is CCn1c(CN2CCCCCC2=O)nnc1SCC(=O)N(C)Cc1ccccc1C. The van der Waals surface area contributed by atoms with E-state index in [-0.39, 0.29) is 11.8 Å². The summed E-state index contributed by atoms with van der Waals surface area (Å²) in [5.41, 5.74) is 2.34. The molecule has 0 atom stereocenters. The van der Waals surface area contributed by atoms with E-state index in [1.54, 1.807) is 4.90 Å². The van der Waals surface area contributed by atoms with Crippen molar-refractivity contribution in [2.45, 2.75) is 64.3 Å². The first-order valence-electron chi connectivity index (χ1n) is 10.6. The van der Waals surface area contributed by atoms with Gasteiger partial charge in [-0.15, -0.1) is 10.2 Å². The highest BCUT2D eigenvalue weighted by atomic mass is 32.2. The van der Waals surface area contributed by atoms with Crippen LogP contribution in [0.5, 0.6) is 0 Å².